The van der Waals surface area contributed by atoms with E-state index in [4.69, 9.17) is 14.1 Å². The summed E-state index contributed by atoms with van der Waals surface area (Å²) in [6.07, 6.45) is 14.4. The van der Waals surface area contributed by atoms with Gasteiger partial charge in [-0.2, -0.15) is 0 Å². The van der Waals surface area contributed by atoms with Crippen LogP contribution < -0.4 is 15.0 Å². The fourth-order valence-corrected chi connectivity index (χ4v) is 6.86. The Morgan fingerprint density at radius 3 is 2.49 bits per heavy atom. The minimum atomic E-state index is -0.0862. The van der Waals surface area contributed by atoms with E-state index in [-0.39, 0.29) is 12.1 Å². The Morgan fingerprint density at radius 1 is 0.822 bits per heavy atom. The van der Waals surface area contributed by atoms with Crippen molar-refractivity contribution in [1.29, 1.82) is 0 Å². The third-order valence-corrected chi connectivity index (χ3v) is 9.12. The Hall–Kier alpha value is -5.55. The molecule has 3 aliphatic rings. The molecule has 6 aromatic rings. The number of fused-ring (bicyclic) bond motifs is 5. The first-order chi connectivity index (χ1) is 22.3. The molecule has 0 saturated carbocycles. The van der Waals surface area contributed by atoms with Gasteiger partial charge in [0.05, 0.1) is 11.4 Å². The molecule has 0 spiro atoms. The number of oxazole rings is 1. The topological polar surface area (TPSA) is 50.5 Å². The standard InChI is InChI=1S/C40H31N3O2/c1-2-10-31-28(9-1)25-36(33-12-4-3-11-32(31)33)43(29-21-17-26(18-22-29)39-41-34-13-5-7-15-37(34)44-39)30-23-19-27(20-24-30)40-42-35-14-6-8-16-38(35)45-40/h2-8,10-19,21-25,27,40,42H,1,9,20H2. The average molecular weight is 586 g/mol. The Bertz CT molecular complexity index is 2110. The highest BCUT2D eigenvalue weighted by atomic mass is 16.5. The molecule has 0 saturated heterocycles. The van der Waals surface area contributed by atoms with Gasteiger partial charge in [0.1, 0.15) is 11.3 Å². The number of para-hydroxylation sites is 4. The normalized spacial score (nSPS) is 18.3. The SMILES string of the molecule is C1=Cc2c(cc(N(C3=CCC(C4Nc5ccccc5O4)C=C3)c3ccc(-c4nc5ccccc5o4)cc3)c3ccccc23)CC1. The van der Waals surface area contributed by atoms with Crippen molar-refractivity contribution >= 4 is 45.0 Å². The zero-order valence-electron chi connectivity index (χ0n) is 24.7. The molecule has 5 heteroatoms. The molecule has 1 aliphatic heterocycles. The number of nitrogens with zero attached hydrogens (tertiary/aromatic N) is 2. The quantitative estimate of drug-likeness (QED) is 0.218. The number of benzene rings is 5. The van der Waals surface area contributed by atoms with E-state index < -0.39 is 0 Å². The lowest BCUT2D eigenvalue weighted by atomic mass is 9.90. The second-order valence-electron chi connectivity index (χ2n) is 11.9. The first-order valence-electron chi connectivity index (χ1n) is 15.7. The fraction of sp³-hybridized carbons (Fsp3) is 0.125. The third-order valence-electron chi connectivity index (χ3n) is 9.12. The van der Waals surface area contributed by atoms with Crippen molar-refractivity contribution in [3.05, 3.63) is 144 Å². The molecule has 5 nitrogen and oxygen atoms in total. The summed E-state index contributed by atoms with van der Waals surface area (Å²) in [6, 6.07) is 35.8. The Morgan fingerprint density at radius 2 is 1.64 bits per heavy atom. The summed E-state index contributed by atoms with van der Waals surface area (Å²) in [5.41, 5.74) is 9.81. The summed E-state index contributed by atoms with van der Waals surface area (Å²) in [5, 5.41) is 6.08. The number of hydrogen-bond acceptors (Lipinski definition) is 5. The van der Waals surface area contributed by atoms with Crippen molar-refractivity contribution in [2.45, 2.75) is 25.5 Å². The summed E-state index contributed by atoms with van der Waals surface area (Å²) in [6.45, 7) is 0. The molecule has 5 aromatic carbocycles. The van der Waals surface area contributed by atoms with Crippen LogP contribution in [0.25, 0.3) is 39.4 Å². The number of aryl methyl sites for hydroxylation is 1. The van der Waals surface area contributed by atoms with E-state index in [1.807, 2.05) is 42.5 Å². The van der Waals surface area contributed by atoms with Crippen LogP contribution in [0.1, 0.15) is 24.0 Å². The zero-order valence-corrected chi connectivity index (χ0v) is 24.7. The monoisotopic (exact) mass is 585 g/mol. The van der Waals surface area contributed by atoms with Crippen LogP contribution in [0.5, 0.6) is 5.75 Å². The number of nitrogens with one attached hydrogen (secondary N) is 1. The van der Waals surface area contributed by atoms with Crippen molar-refractivity contribution in [2.24, 2.45) is 5.92 Å². The predicted octanol–water partition coefficient (Wildman–Crippen LogP) is 10.0. The van der Waals surface area contributed by atoms with Crippen LogP contribution in [0.4, 0.5) is 17.1 Å². The van der Waals surface area contributed by atoms with Gasteiger partial charge in [0.25, 0.3) is 0 Å². The van der Waals surface area contributed by atoms with Crippen LogP contribution >= 0.6 is 0 Å². The molecule has 1 aromatic heterocycles. The summed E-state index contributed by atoms with van der Waals surface area (Å²) in [7, 11) is 0. The van der Waals surface area contributed by atoms with E-state index in [9.17, 15) is 0 Å². The van der Waals surface area contributed by atoms with Crippen molar-refractivity contribution in [1.82, 2.24) is 4.98 Å². The van der Waals surface area contributed by atoms with Crippen LogP contribution in [0.2, 0.25) is 0 Å². The lowest BCUT2D eigenvalue weighted by Crippen LogP contribution is -2.30. The summed E-state index contributed by atoms with van der Waals surface area (Å²) in [5.74, 6) is 1.76. The average Bonchev–Trinajstić information content (AvgIpc) is 3.74. The van der Waals surface area contributed by atoms with Gasteiger partial charge in [-0.15, -0.1) is 0 Å². The van der Waals surface area contributed by atoms with Crippen LogP contribution in [-0.4, -0.2) is 11.2 Å². The summed E-state index contributed by atoms with van der Waals surface area (Å²) < 4.78 is 12.4. The number of anilines is 3. The molecule has 1 N–H and O–H groups in total. The molecule has 2 atom stereocenters. The predicted molar refractivity (Wildman–Crippen MR) is 183 cm³/mol. The number of hydrogen-bond donors (Lipinski definition) is 1. The molecular weight excluding hydrogens is 554 g/mol. The maximum absolute atomic E-state index is 6.28. The summed E-state index contributed by atoms with van der Waals surface area (Å²) in [4.78, 5) is 7.13. The second kappa shape index (κ2) is 10.6. The van der Waals surface area contributed by atoms with Crippen LogP contribution in [-0.2, 0) is 6.42 Å². The molecule has 0 radical (unpaired) electrons. The zero-order chi connectivity index (χ0) is 29.7. The highest BCUT2D eigenvalue weighted by Gasteiger charge is 2.30. The molecule has 0 amide bonds. The molecule has 2 unspecified atom stereocenters. The fourth-order valence-electron chi connectivity index (χ4n) is 6.86. The molecule has 0 bridgehead atoms. The van der Waals surface area contributed by atoms with Gasteiger partial charge in [0.15, 0.2) is 11.8 Å². The molecular formula is C40H31N3O2. The van der Waals surface area contributed by atoms with Gasteiger partial charge in [0, 0.05) is 28.3 Å². The van der Waals surface area contributed by atoms with Gasteiger partial charge in [-0.1, -0.05) is 72.8 Å². The maximum atomic E-state index is 6.28. The number of aromatic nitrogens is 1. The van der Waals surface area contributed by atoms with Crippen molar-refractivity contribution in [2.75, 3.05) is 10.2 Å². The van der Waals surface area contributed by atoms with E-state index in [0.29, 0.717) is 5.89 Å². The van der Waals surface area contributed by atoms with Gasteiger partial charge in [-0.3, -0.25) is 0 Å². The molecule has 2 heterocycles. The van der Waals surface area contributed by atoms with Gasteiger partial charge in [0.2, 0.25) is 5.89 Å². The van der Waals surface area contributed by atoms with E-state index >= 15 is 0 Å². The summed E-state index contributed by atoms with van der Waals surface area (Å²) >= 11 is 0. The largest absolute Gasteiger partial charge is 0.468 e. The molecule has 45 heavy (non-hydrogen) atoms. The molecule has 9 rings (SSSR count). The van der Waals surface area contributed by atoms with E-state index in [1.54, 1.807) is 0 Å². The molecule has 2 aliphatic carbocycles. The van der Waals surface area contributed by atoms with Crippen LogP contribution in [0, 0.1) is 5.92 Å². The van der Waals surface area contributed by atoms with Crippen molar-refractivity contribution in [3.63, 3.8) is 0 Å². The number of allylic oxidation sites excluding steroid dienone is 3. The van der Waals surface area contributed by atoms with Crippen molar-refractivity contribution in [3.8, 4) is 17.2 Å². The highest BCUT2D eigenvalue weighted by molar-refractivity contribution is 6.03. The Kier molecular flexibility index (Phi) is 6.08. The van der Waals surface area contributed by atoms with Gasteiger partial charge in [-0.25, -0.2) is 4.98 Å². The van der Waals surface area contributed by atoms with Crippen LogP contribution in [0.3, 0.4) is 0 Å². The Balaban J connectivity index is 1.12. The lowest BCUT2D eigenvalue weighted by Gasteiger charge is -2.32. The Labute approximate surface area is 261 Å². The first kappa shape index (κ1) is 25.9. The van der Waals surface area contributed by atoms with Gasteiger partial charge < -0.3 is 19.4 Å². The van der Waals surface area contributed by atoms with E-state index in [2.05, 4.69) is 101 Å². The van der Waals surface area contributed by atoms with Gasteiger partial charge >= 0.3 is 0 Å². The number of ether oxygens (including phenoxy) is 1. The third kappa shape index (κ3) is 4.51. The second-order valence-corrected chi connectivity index (χ2v) is 11.9. The molecule has 218 valence electrons. The first-order valence-corrected chi connectivity index (χ1v) is 15.7. The minimum absolute atomic E-state index is 0.0862. The van der Waals surface area contributed by atoms with E-state index in [0.717, 1.165) is 58.7 Å². The van der Waals surface area contributed by atoms with Crippen LogP contribution in [0.15, 0.2) is 138 Å². The minimum Gasteiger partial charge on any atom is -0.468 e. The van der Waals surface area contributed by atoms with Crippen molar-refractivity contribution < 1.29 is 9.15 Å². The smallest absolute Gasteiger partial charge is 0.227 e. The highest BCUT2D eigenvalue weighted by Crippen LogP contribution is 2.43. The lowest BCUT2D eigenvalue weighted by molar-refractivity contribution is 0.204. The van der Waals surface area contributed by atoms with Gasteiger partial charge in [-0.05, 0) is 96.4 Å². The number of rotatable bonds is 5. The molecule has 0 fully saturated rings. The van der Waals surface area contributed by atoms with E-state index in [1.165, 1.54) is 27.6 Å². The maximum Gasteiger partial charge on any atom is 0.227 e.